The summed E-state index contributed by atoms with van der Waals surface area (Å²) in [5.41, 5.74) is -1.48. The topological polar surface area (TPSA) is 32.9 Å². The van der Waals surface area contributed by atoms with Gasteiger partial charge < -0.3 is 4.98 Å². The highest BCUT2D eigenvalue weighted by molar-refractivity contribution is 6.42. The van der Waals surface area contributed by atoms with Crippen LogP contribution in [-0.4, -0.2) is 4.98 Å². The Balaban J connectivity index is 2.59. The monoisotopic (exact) mass is 307 g/mol. The number of hydrogen-bond acceptors (Lipinski definition) is 1. The molecule has 0 spiro atoms. The molecule has 0 aliphatic rings. The lowest BCUT2D eigenvalue weighted by molar-refractivity contribution is -0.141. The summed E-state index contributed by atoms with van der Waals surface area (Å²) in [6, 6.07) is 5.86. The molecule has 2 rings (SSSR count). The van der Waals surface area contributed by atoms with Gasteiger partial charge in [-0.25, -0.2) is 0 Å². The normalized spacial score (nSPS) is 11.6. The van der Waals surface area contributed by atoms with E-state index in [4.69, 9.17) is 23.2 Å². The first-order valence-corrected chi connectivity index (χ1v) is 5.80. The molecule has 0 aliphatic carbocycles. The van der Waals surface area contributed by atoms with E-state index in [0.717, 1.165) is 6.07 Å². The van der Waals surface area contributed by atoms with Gasteiger partial charge in [-0.15, -0.1) is 0 Å². The largest absolute Gasteiger partial charge is 0.431 e. The molecule has 1 aromatic heterocycles. The third-order valence-electron chi connectivity index (χ3n) is 2.38. The molecule has 1 aromatic carbocycles. The zero-order chi connectivity index (χ0) is 14.2. The van der Waals surface area contributed by atoms with Gasteiger partial charge >= 0.3 is 6.18 Å². The Hall–Kier alpha value is -1.46. The van der Waals surface area contributed by atoms with E-state index in [-0.39, 0.29) is 15.7 Å². The van der Waals surface area contributed by atoms with Crippen LogP contribution >= 0.6 is 23.2 Å². The lowest BCUT2D eigenvalue weighted by Crippen LogP contribution is -2.13. The van der Waals surface area contributed by atoms with Crippen molar-refractivity contribution in [3.63, 3.8) is 0 Å². The van der Waals surface area contributed by atoms with Crippen LogP contribution in [0.25, 0.3) is 11.3 Å². The van der Waals surface area contributed by atoms with Gasteiger partial charge in [0.15, 0.2) is 5.43 Å². The lowest BCUT2D eigenvalue weighted by Gasteiger charge is -2.09. The van der Waals surface area contributed by atoms with Crippen molar-refractivity contribution in [2.24, 2.45) is 0 Å². The summed E-state index contributed by atoms with van der Waals surface area (Å²) in [6.45, 7) is 0. The number of alkyl halides is 3. The molecule has 1 heterocycles. The third-order valence-corrected chi connectivity index (χ3v) is 3.12. The number of nitrogens with one attached hydrogen (secondary N) is 1. The number of benzene rings is 1. The Morgan fingerprint density at radius 3 is 2.26 bits per heavy atom. The minimum Gasteiger partial charge on any atom is -0.351 e. The predicted molar refractivity (Wildman–Crippen MR) is 67.5 cm³/mol. The zero-order valence-electron chi connectivity index (χ0n) is 9.18. The van der Waals surface area contributed by atoms with Gasteiger partial charge in [0.2, 0.25) is 0 Å². The molecule has 2 nitrogen and oxygen atoms in total. The van der Waals surface area contributed by atoms with E-state index in [1.165, 1.54) is 18.2 Å². The number of H-pyrrole nitrogens is 1. The molecule has 0 amide bonds. The van der Waals surface area contributed by atoms with Gasteiger partial charge in [0.05, 0.1) is 10.0 Å². The van der Waals surface area contributed by atoms with Crippen LogP contribution in [0, 0.1) is 0 Å². The molecule has 0 atom stereocenters. The van der Waals surface area contributed by atoms with Gasteiger partial charge in [0.25, 0.3) is 0 Å². The second-order valence-corrected chi connectivity index (χ2v) is 4.58. The fraction of sp³-hybridized carbons (Fsp3) is 0.0833. The number of aromatic amines is 1. The van der Waals surface area contributed by atoms with Crippen LogP contribution in [0.15, 0.2) is 35.1 Å². The fourth-order valence-corrected chi connectivity index (χ4v) is 1.81. The Kier molecular flexibility index (Phi) is 3.60. The number of pyridine rings is 1. The zero-order valence-corrected chi connectivity index (χ0v) is 10.7. The maximum absolute atomic E-state index is 12.6. The summed E-state index contributed by atoms with van der Waals surface area (Å²) in [5, 5.41) is 0.470. The van der Waals surface area contributed by atoms with E-state index < -0.39 is 17.3 Å². The molecule has 0 unspecified atom stereocenters. The van der Waals surface area contributed by atoms with Gasteiger partial charge in [-0.05, 0) is 17.7 Å². The molecule has 2 aromatic rings. The highest BCUT2D eigenvalue weighted by Gasteiger charge is 2.32. The molecular weight excluding hydrogens is 302 g/mol. The smallest absolute Gasteiger partial charge is 0.351 e. The fourth-order valence-electron chi connectivity index (χ4n) is 1.52. The van der Waals surface area contributed by atoms with Crippen molar-refractivity contribution in [2.45, 2.75) is 6.18 Å². The summed E-state index contributed by atoms with van der Waals surface area (Å²) in [6.07, 6.45) is -4.62. The summed E-state index contributed by atoms with van der Waals surface area (Å²) in [7, 11) is 0. The summed E-state index contributed by atoms with van der Waals surface area (Å²) in [5.74, 6) is 0. The Morgan fingerprint density at radius 1 is 1.00 bits per heavy atom. The number of hydrogen-bond donors (Lipinski definition) is 1. The van der Waals surface area contributed by atoms with E-state index in [2.05, 4.69) is 4.98 Å². The van der Waals surface area contributed by atoms with E-state index >= 15 is 0 Å². The molecule has 0 bridgehead atoms. The average molecular weight is 308 g/mol. The molecule has 100 valence electrons. The SMILES string of the molecule is O=c1cc(-c2ccc(Cl)c(Cl)c2)[nH]c(C(F)(F)F)c1. The second-order valence-electron chi connectivity index (χ2n) is 3.77. The van der Waals surface area contributed by atoms with Crippen molar-refractivity contribution in [2.75, 3.05) is 0 Å². The number of aromatic nitrogens is 1. The first kappa shape index (κ1) is 14.0. The lowest BCUT2D eigenvalue weighted by atomic mass is 10.1. The summed E-state index contributed by atoms with van der Waals surface area (Å²) in [4.78, 5) is 13.5. The van der Waals surface area contributed by atoms with Crippen LogP contribution in [0.2, 0.25) is 10.0 Å². The van der Waals surface area contributed by atoms with Crippen LogP contribution in [0.3, 0.4) is 0 Å². The second kappa shape index (κ2) is 4.90. The van der Waals surface area contributed by atoms with Crippen molar-refractivity contribution in [1.82, 2.24) is 4.98 Å². The third kappa shape index (κ3) is 3.11. The molecule has 0 aliphatic heterocycles. The summed E-state index contributed by atoms with van der Waals surface area (Å²) >= 11 is 11.5. The quantitative estimate of drug-likeness (QED) is 0.834. The van der Waals surface area contributed by atoms with Crippen molar-refractivity contribution >= 4 is 23.2 Å². The van der Waals surface area contributed by atoms with Crippen LogP contribution < -0.4 is 5.43 Å². The Labute approximate surface area is 115 Å². The molecular formula is C12H6Cl2F3NO. The van der Waals surface area contributed by atoms with E-state index in [1.807, 2.05) is 0 Å². The van der Waals surface area contributed by atoms with Crippen molar-refractivity contribution < 1.29 is 13.2 Å². The van der Waals surface area contributed by atoms with Gasteiger partial charge in [0.1, 0.15) is 5.69 Å². The number of halogens is 5. The van der Waals surface area contributed by atoms with Crippen LogP contribution in [0.1, 0.15) is 5.69 Å². The minimum atomic E-state index is -4.62. The molecule has 0 radical (unpaired) electrons. The molecule has 0 saturated heterocycles. The standard InChI is InChI=1S/C12H6Cl2F3NO/c13-8-2-1-6(3-9(8)14)10-4-7(19)5-11(18-10)12(15,16)17/h1-5H,(H,18,19). The van der Waals surface area contributed by atoms with Gasteiger partial charge in [-0.2, -0.15) is 13.2 Å². The van der Waals surface area contributed by atoms with E-state index in [0.29, 0.717) is 11.6 Å². The van der Waals surface area contributed by atoms with Gasteiger partial charge in [0, 0.05) is 17.8 Å². The molecule has 1 N–H and O–H groups in total. The van der Waals surface area contributed by atoms with Crippen molar-refractivity contribution in [3.05, 3.63) is 56.3 Å². The maximum atomic E-state index is 12.6. The summed E-state index contributed by atoms with van der Waals surface area (Å²) < 4.78 is 37.8. The maximum Gasteiger partial charge on any atom is 0.431 e. The van der Waals surface area contributed by atoms with Gasteiger partial charge in [-0.3, -0.25) is 4.79 Å². The molecule has 19 heavy (non-hydrogen) atoms. The van der Waals surface area contributed by atoms with Crippen LogP contribution in [0.5, 0.6) is 0 Å². The van der Waals surface area contributed by atoms with Crippen molar-refractivity contribution in [3.8, 4) is 11.3 Å². The van der Waals surface area contributed by atoms with Crippen LogP contribution in [-0.2, 0) is 6.18 Å². The average Bonchev–Trinajstić information content (AvgIpc) is 2.31. The van der Waals surface area contributed by atoms with Crippen LogP contribution in [0.4, 0.5) is 13.2 Å². The first-order chi connectivity index (χ1) is 8.77. The van der Waals surface area contributed by atoms with Gasteiger partial charge in [-0.1, -0.05) is 29.3 Å². The molecule has 7 heteroatoms. The first-order valence-electron chi connectivity index (χ1n) is 5.04. The molecule has 0 saturated carbocycles. The highest BCUT2D eigenvalue weighted by atomic mass is 35.5. The van der Waals surface area contributed by atoms with E-state index in [9.17, 15) is 18.0 Å². The minimum absolute atomic E-state index is 0.0263. The Bertz CT molecular complexity index is 679. The Morgan fingerprint density at radius 2 is 1.68 bits per heavy atom. The number of rotatable bonds is 1. The van der Waals surface area contributed by atoms with Crippen molar-refractivity contribution in [1.29, 1.82) is 0 Å². The molecule has 0 fully saturated rings. The predicted octanol–water partition coefficient (Wildman–Crippen LogP) is 4.37. The highest BCUT2D eigenvalue weighted by Crippen LogP contribution is 2.30. The van der Waals surface area contributed by atoms with E-state index in [1.54, 1.807) is 0 Å².